The van der Waals surface area contributed by atoms with Crippen LogP contribution in [0.15, 0.2) is 0 Å². The topological polar surface area (TPSA) is 67.9 Å². The first-order chi connectivity index (χ1) is 28.9. The van der Waals surface area contributed by atoms with E-state index in [1.165, 1.54) is 167 Å². The Balaban J connectivity index is 0.000000610. The van der Waals surface area contributed by atoms with Gasteiger partial charge in [0, 0.05) is 60.7 Å². The summed E-state index contributed by atoms with van der Waals surface area (Å²) in [5.41, 5.74) is 0.200. The fourth-order valence-electron chi connectivity index (χ4n) is 10.4. The molecule has 2 rings (SSSR count). The third-order valence-corrected chi connectivity index (χ3v) is 14.0. The lowest BCUT2D eigenvalue weighted by atomic mass is 9.79. The Morgan fingerprint density at radius 2 is 0.639 bits per heavy atom. The normalized spacial score (nSPS) is 18.7. The van der Waals surface area contributed by atoms with Crippen molar-refractivity contribution in [1.29, 1.82) is 0 Å². The maximum atomic E-state index is 12.3. The predicted molar refractivity (Wildman–Crippen MR) is 265 cm³/mol. The molecular weight excluding hydrogens is 753 g/mol. The van der Waals surface area contributed by atoms with Crippen LogP contribution in [0.5, 0.6) is 0 Å². The zero-order valence-corrected chi connectivity index (χ0v) is 43.2. The molecule has 0 atom stereocenters. The highest BCUT2D eigenvalue weighted by Gasteiger charge is 2.44. The first kappa shape index (κ1) is 57.9. The summed E-state index contributed by atoms with van der Waals surface area (Å²) in [6, 6.07) is 0. The molecule has 0 aromatic heterocycles. The number of nitrogens with one attached hydrogen (secondary N) is 1. The highest BCUT2D eigenvalue weighted by atomic mass is 16.5. The quantitative estimate of drug-likeness (QED) is 0.0513. The van der Waals surface area contributed by atoms with Crippen molar-refractivity contribution < 1.29 is 19.1 Å². The highest BCUT2D eigenvalue weighted by molar-refractivity contribution is 5.69. The van der Waals surface area contributed by atoms with Gasteiger partial charge < -0.3 is 14.8 Å². The molecule has 0 aliphatic carbocycles. The smallest absolute Gasteiger partial charge is 0.306 e. The van der Waals surface area contributed by atoms with Gasteiger partial charge in [-0.1, -0.05) is 194 Å². The molecule has 6 nitrogen and oxygen atoms in total. The Morgan fingerprint density at radius 1 is 0.410 bits per heavy atom. The van der Waals surface area contributed by atoms with E-state index in [-0.39, 0.29) is 46.3 Å². The molecule has 362 valence electrons. The number of carbonyl (C=O) groups is 2. The standard InChI is InChI=1S/C28H55NO2.C27H53NO2/c1-7-8-9-10-11-12-13-14-15-16-17-18-19-20-21-22-26(30)31-25-23-27(2,3)29(6)28(4,5)24-25;1-6-7-8-9-10-11-12-13-14-15-16-17-18-19-20-21-25(29)30-24-22-26(2,3)28-27(4,5)23-24/h25H,7-24H2,1-6H3;24,28H,6-23H2,1-5H3. The summed E-state index contributed by atoms with van der Waals surface area (Å²) in [6.45, 7) is 22.4. The number of carbonyl (C=O) groups excluding carboxylic acids is 2. The Hall–Kier alpha value is -1.14. The summed E-state index contributed by atoms with van der Waals surface area (Å²) in [6.07, 6.45) is 45.4. The Kier molecular flexibility index (Phi) is 31.6. The molecule has 2 heterocycles. The van der Waals surface area contributed by atoms with Gasteiger partial charge in [0.25, 0.3) is 0 Å². The van der Waals surface area contributed by atoms with Crippen LogP contribution in [0.1, 0.15) is 300 Å². The van der Waals surface area contributed by atoms with Crippen molar-refractivity contribution in [3.8, 4) is 0 Å². The van der Waals surface area contributed by atoms with E-state index in [0.717, 1.165) is 51.4 Å². The molecule has 0 aromatic rings. The number of esters is 2. The van der Waals surface area contributed by atoms with Crippen molar-refractivity contribution in [3.63, 3.8) is 0 Å². The van der Waals surface area contributed by atoms with Gasteiger partial charge in [-0.3, -0.25) is 14.5 Å². The monoisotopic (exact) mass is 861 g/mol. The average Bonchev–Trinajstić information content (AvgIpc) is 3.15. The number of nitrogens with zero attached hydrogens (tertiary/aromatic N) is 1. The lowest BCUT2D eigenvalue weighted by Gasteiger charge is -2.53. The summed E-state index contributed by atoms with van der Waals surface area (Å²) >= 11 is 0. The summed E-state index contributed by atoms with van der Waals surface area (Å²) in [4.78, 5) is 27.0. The van der Waals surface area contributed by atoms with Crippen LogP contribution >= 0.6 is 0 Å². The maximum absolute atomic E-state index is 12.3. The van der Waals surface area contributed by atoms with Gasteiger partial charge in [-0.05, 0) is 75.3 Å². The van der Waals surface area contributed by atoms with Crippen molar-refractivity contribution >= 4 is 11.9 Å². The SMILES string of the molecule is CCCCCCCCCCCCCCCCCC(=O)OC1CC(C)(C)N(C)C(C)(C)C1.CCCCCCCCCCCCCCCCCC(=O)OC1CC(C)(C)NC(C)(C)C1. The van der Waals surface area contributed by atoms with E-state index in [4.69, 9.17) is 9.47 Å². The van der Waals surface area contributed by atoms with E-state index in [0.29, 0.717) is 12.8 Å². The van der Waals surface area contributed by atoms with E-state index in [1.54, 1.807) is 0 Å². The molecule has 0 bridgehead atoms. The second kappa shape index (κ2) is 33.4. The number of unbranched alkanes of at least 4 members (excludes halogenated alkanes) is 28. The fraction of sp³-hybridized carbons (Fsp3) is 0.964. The van der Waals surface area contributed by atoms with Crippen molar-refractivity contribution in [2.24, 2.45) is 0 Å². The number of hydrogen-bond acceptors (Lipinski definition) is 6. The van der Waals surface area contributed by atoms with Gasteiger partial charge in [-0.25, -0.2) is 0 Å². The number of likely N-dealkylation sites (tertiary alicyclic amines) is 1. The molecule has 2 aliphatic heterocycles. The van der Waals surface area contributed by atoms with Crippen LogP contribution in [-0.4, -0.2) is 58.2 Å². The summed E-state index contributed by atoms with van der Waals surface area (Å²) in [5.74, 6) is 0.0130. The summed E-state index contributed by atoms with van der Waals surface area (Å²) in [5, 5.41) is 3.64. The van der Waals surface area contributed by atoms with Crippen molar-refractivity contribution in [3.05, 3.63) is 0 Å². The van der Waals surface area contributed by atoms with Gasteiger partial charge in [-0.2, -0.15) is 0 Å². The summed E-state index contributed by atoms with van der Waals surface area (Å²) < 4.78 is 11.7. The first-order valence-corrected chi connectivity index (χ1v) is 26.9. The molecule has 61 heavy (non-hydrogen) atoms. The Morgan fingerprint density at radius 3 is 0.902 bits per heavy atom. The molecule has 2 fully saturated rings. The molecule has 0 spiro atoms. The van der Waals surface area contributed by atoms with Crippen LogP contribution in [0.2, 0.25) is 0 Å². The second-order valence-corrected chi connectivity index (χ2v) is 22.5. The van der Waals surface area contributed by atoms with Crippen molar-refractivity contribution in [1.82, 2.24) is 10.2 Å². The molecule has 2 aliphatic rings. The minimum Gasteiger partial charge on any atom is -0.462 e. The molecule has 0 amide bonds. The van der Waals surface area contributed by atoms with Crippen molar-refractivity contribution in [2.75, 3.05) is 7.05 Å². The third kappa shape index (κ3) is 30.6. The van der Waals surface area contributed by atoms with Gasteiger partial charge in [0.15, 0.2) is 0 Å². The van der Waals surface area contributed by atoms with E-state index < -0.39 is 0 Å². The first-order valence-electron chi connectivity index (χ1n) is 26.9. The van der Waals surface area contributed by atoms with Crippen LogP contribution in [0.3, 0.4) is 0 Å². The largest absolute Gasteiger partial charge is 0.462 e. The number of ether oxygens (including phenoxy) is 2. The van der Waals surface area contributed by atoms with E-state index >= 15 is 0 Å². The Labute approximate surface area is 381 Å². The number of piperidine rings is 2. The van der Waals surface area contributed by atoms with Crippen LogP contribution in [0.4, 0.5) is 0 Å². The molecule has 0 radical (unpaired) electrons. The third-order valence-electron chi connectivity index (χ3n) is 14.0. The predicted octanol–water partition coefficient (Wildman–Crippen LogP) is 16.5. The second-order valence-electron chi connectivity index (χ2n) is 22.5. The van der Waals surface area contributed by atoms with Gasteiger partial charge in [0.2, 0.25) is 0 Å². The highest BCUT2D eigenvalue weighted by Crippen LogP contribution is 2.38. The van der Waals surface area contributed by atoms with Crippen LogP contribution < -0.4 is 5.32 Å². The zero-order valence-electron chi connectivity index (χ0n) is 43.2. The van der Waals surface area contributed by atoms with Gasteiger partial charge >= 0.3 is 11.9 Å². The van der Waals surface area contributed by atoms with E-state index in [2.05, 4.69) is 86.5 Å². The molecule has 2 saturated heterocycles. The van der Waals surface area contributed by atoms with Gasteiger partial charge in [0.05, 0.1) is 0 Å². The van der Waals surface area contributed by atoms with Crippen LogP contribution in [0, 0.1) is 0 Å². The van der Waals surface area contributed by atoms with E-state index in [9.17, 15) is 9.59 Å². The molecular formula is C55H108N2O4. The van der Waals surface area contributed by atoms with Gasteiger partial charge in [-0.15, -0.1) is 0 Å². The average molecular weight is 861 g/mol. The summed E-state index contributed by atoms with van der Waals surface area (Å²) in [7, 11) is 2.19. The molecule has 1 N–H and O–H groups in total. The minimum atomic E-state index is 0.00296. The molecule has 0 unspecified atom stereocenters. The van der Waals surface area contributed by atoms with Crippen molar-refractivity contribution in [2.45, 2.75) is 335 Å². The maximum Gasteiger partial charge on any atom is 0.306 e. The molecule has 6 heteroatoms. The van der Waals surface area contributed by atoms with Crippen LogP contribution in [0.25, 0.3) is 0 Å². The lowest BCUT2D eigenvalue weighted by molar-refractivity contribution is -0.159. The molecule has 0 saturated carbocycles. The van der Waals surface area contributed by atoms with E-state index in [1.807, 2.05) is 0 Å². The Bertz CT molecular complexity index is 1050. The number of rotatable bonds is 34. The van der Waals surface area contributed by atoms with Crippen LogP contribution in [-0.2, 0) is 19.1 Å². The molecule has 0 aromatic carbocycles. The lowest BCUT2D eigenvalue weighted by Crippen LogP contribution is -2.60. The zero-order chi connectivity index (χ0) is 45.5. The number of hydrogen-bond donors (Lipinski definition) is 1. The fourth-order valence-corrected chi connectivity index (χ4v) is 10.4. The minimum absolute atomic E-state index is 0.00296. The van der Waals surface area contributed by atoms with Gasteiger partial charge in [0.1, 0.15) is 12.2 Å².